The van der Waals surface area contributed by atoms with Crippen molar-refractivity contribution >= 4 is 15.7 Å². The van der Waals surface area contributed by atoms with Gasteiger partial charge in [0.15, 0.2) is 0 Å². The van der Waals surface area contributed by atoms with Gasteiger partial charge in [0.2, 0.25) is 10.0 Å². The van der Waals surface area contributed by atoms with Crippen LogP contribution in [0.25, 0.3) is 0 Å². The lowest BCUT2D eigenvalue weighted by molar-refractivity contribution is 0.574. The van der Waals surface area contributed by atoms with Crippen molar-refractivity contribution in [3.8, 4) is 0 Å². The standard InChI is InChI=1S/C13H22N2O2S/c1-5-15(13-8-6-7-11(2)9-13)18(16,17)12(3)10-14-4/h6-9,12,14H,5,10H2,1-4H3. The molecule has 1 aromatic rings. The molecule has 1 N–H and O–H groups in total. The van der Waals surface area contributed by atoms with Crippen LogP contribution in [0.15, 0.2) is 24.3 Å². The third kappa shape index (κ3) is 3.23. The van der Waals surface area contributed by atoms with Crippen LogP contribution >= 0.6 is 0 Å². The smallest absolute Gasteiger partial charge is 0.239 e. The Morgan fingerprint density at radius 3 is 2.56 bits per heavy atom. The molecule has 5 heteroatoms. The number of benzene rings is 1. The van der Waals surface area contributed by atoms with Crippen molar-refractivity contribution in [3.63, 3.8) is 0 Å². The average Bonchev–Trinajstić information content (AvgIpc) is 2.30. The molecular weight excluding hydrogens is 248 g/mol. The zero-order chi connectivity index (χ0) is 13.8. The van der Waals surface area contributed by atoms with E-state index in [2.05, 4.69) is 5.32 Å². The fourth-order valence-electron chi connectivity index (χ4n) is 1.90. The molecule has 0 aliphatic carbocycles. The highest BCUT2D eigenvalue weighted by molar-refractivity contribution is 7.93. The van der Waals surface area contributed by atoms with Crippen molar-refractivity contribution < 1.29 is 8.42 Å². The number of nitrogens with zero attached hydrogens (tertiary/aromatic N) is 1. The van der Waals surface area contributed by atoms with Gasteiger partial charge in [-0.3, -0.25) is 4.31 Å². The van der Waals surface area contributed by atoms with Crippen LogP contribution in [0.3, 0.4) is 0 Å². The highest BCUT2D eigenvalue weighted by atomic mass is 32.2. The van der Waals surface area contributed by atoms with Gasteiger partial charge in [-0.25, -0.2) is 8.42 Å². The molecular formula is C13H22N2O2S. The van der Waals surface area contributed by atoms with Crippen LogP contribution in [0, 0.1) is 6.92 Å². The lowest BCUT2D eigenvalue weighted by Gasteiger charge is -2.26. The molecule has 18 heavy (non-hydrogen) atoms. The molecule has 1 unspecified atom stereocenters. The summed E-state index contributed by atoms with van der Waals surface area (Å²) >= 11 is 0. The first kappa shape index (κ1) is 15.0. The van der Waals surface area contributed by atoms with Gasteiger partial charge in [-0.2, -0.15) is 0 Å². The molecule has 102 valence electrons. The van der Waals surface area contributed by atoms with Gasteiger partial charge in [0.05, 0.1) is 10.9 Å². The van der Waals surface area contributed by atoms with Gasteiger partial charge in [0, 0.05) is 13.1 Å². The Bertz CT molecular complexity index is 486. The van der Waals surface area contributed by atoms with Gasteiger partial charge in [-0.05, 0) is 45.5 Å². The monoisotopic (exact) mass is 270 g/mol. The quantitative estimate of drug-likeness (QED) is 0.857. The normalized spacial score (nSPS) is 13.3. The Hall–Kier alpha value is -1.07. The maximum atomic E-state index is 12.4. The van der Waals surface area contributed by atoms with Crippen molar-refractivity contribution in [2.24, 2.45) is 0 Å². The minimum absolute atomic E-state index is 0.442. The lowest BCUT2D eigenvalue weighted by Crippen LogP contribution is -2.41. The molecule has 0 spiro atoms. The van der Waals surface area contributed by atoms with Crippen LogP contribution in [0.1, 0.15) is 19.4 Å². The minimum atomic E-state index is -3.31. The van der Waals surface area contributed by atoms with Crippen molar-refractivity contribution in [1.29, 1.82) is 0 Å². The molecule has 0 heterocycles. The Kier molecular flexibility index (Phi) is 5.16. The van der Waals surface area contributed by atoms with Gasteiger partial charge in [-0.15, -0.1) is 0 Å². The summed E-state index contributed by atoms with van der Waals surface area (Å²) in [7, 11) is -1.55. The van der Waals surface area contributed by atoms with E-state index in [4.69, 9.17) is 0 Å². The van der Waals surface area contributed by atoms with E-state index in [1.54, 1.807) is 14.0 Å². The molecule has 0 radical (unpaired) electrons. The Morgan fingerprint density at radius 2 is 2.06 bits per heavy atom. The molecule has 0 fully saturated rings. The second-order valence-electron chi connectivity index (χ2n) is 4.42. The van der Waals surface area contributed by atoms with E-state index in [9.17, 15) is 8.42 Å². The Balaban J connectivity index is 3.10. The van der Waals surface area contributed by atoms with E-state index in [0.29, 0.717) is 13.1 Å². The van der Waals surface area contributed by atoms with Crippen LogP contribution in [-0.2, 0) is 10.0 Å². The topological polar surface area (TPSA) is 49.4 Å². The van der Waals surface area contributed by atoms with Crippen molar-refractivity contribution in [2.75, 3.05) is 24.4 Å². The molecule has 1 rings (SSSR count). The molecule has 0 aliphatic heterocycles. The molecule has 0 saturated heterocycles. The van der Waals surface area contributed by atoms with E-state index < -0.39 is 15.3 Å². The SMILES string of the molecule is CCN(c1cccc(C)c1)S(=O)(=O)C(C)CNC. The predicted molar refractivity (Wildman–Crippen MR) is 76.5 cm³/mol. The first-order valence-electron chi connectivity index (χ1n) is 6.16. The van der Waals surface area contributed by atoms with Crippen LogP contribution in [-0.4, -0.2) is 33.8 Å². The fourth-order valence-corrected chi connectivity index (χ4v) is 3.48. The van der Waals surface area contributed by atoms with Gasteiger partial charge in [0.1, 0.15) is 0 Å². The molecule has 0 bridgehead atoms. The second kappa shape index (κ2) is 6.20. The van der Waals surface area contributed by atoms with E-state index >= 15 is 0 Å². The second-order valence-corrected chi connectivity index (χ2v) is 6.69. The molecule has 4 nitrogen and oxygen atoms in total. The highest BCUT2D eigenvalue weighted by Gasteiger charge is 2.27. The van der Waals surface area contributed by atoms with Gasteiger partial charge in [0.25, 0.3) is 0 Å². The van der Waals surface area contributed by atoms with Crippen LogP contribution in [0.4, 0.5) is 5.69 Å². The molecule has 1 atom stereocenters. The molecule has 0 saturated carbocycles. The first-order valence-corrected chi connectivity index (χ1v) is 7.66. The van der Waals surface area contributed by atoms with Crippen molar-refractivity contribution in [2.45, 2.75) is 26.0 Å². The molecule has 1 aromatic carbocycles. The minimum Gasteiger partial charge on any atom is -0.318 e. The number of rotatable bonds is 6. The zero-order valence-corrected chi connectivity index (χ0v) is 12.3. The molecule has 0 aliphatic rings. The van der Waals surface area contributed by atoms with Crippen LogP contribution < -0.4 is 9.62 Å². The van der Waals surface area contributed by atoms with E-state index in [1.807, 2.05) is 38.1 Å². The summed E-state index contributed by atoms with van der Waals surface area (Å²) in [6.45, 7) is 6.43. The summed E-state index contributed by atoms with van der Waals surface area (Å²) in [5.74, 6) is 0. The van der Waals surface area contributed by atoms with E-state index in [1.165, 1.54) is 4.31 Å². The summed E-state index contributed by atoms with van der Waals surface area (Å²) in [5.41, 5.74) is 1.79. The number of nitrogens with one attached hydrogen (secondary N) is 1. The van der Waals surface area contributed by atoms with Gasteiger partial charge < -0.3 is 5.32 Å². The first-order chi connectivity index (χ1) is 8.43. The number of anilines is 1. The van der Waals surface area contributed by atoms with Crippen molar-refractivity contribution in [1.82, 2.24) is 5.32 Å². The average molecular weight is 270 g/mol. The predicted octanol–water partition coefficient (Wildman–Crippen LogP) is 1.76. The molecule has 0 amide bonds. The maximum absolute atomic E-state index is 12.4. The number of hydrogen-bond donors (Lipinski definition) is 1. The molecule has 0 aromatic heterocycles. The van der Waals surface area contributed by atoms with E-state index in [0.717, 1.165) is 11.3 Å². The van der Waals surface area contributed by atoms with Crippen molar-refractivity contribution in [3.05, 3.63) is 29.8 Å². The Morgan fingerprint density at radius 1 is 1.39 bits per heavy atom. The van der Waals surface area contributed by atoms with Crippen LogP contribution in [0.5, 0.6) is 0 Å². The fraction of sp³-hybridized carbons (Fsp3) is 0.538. The summed E-state index contributed by atoms with van der Waals surface area (Å²) in [4.78, 5) is 0. The number of sulfonamides is 1. The van der Waals surface area contributed by atoms with Gasteiger partial charge >= 0.3 is 0 Å². The summed E-state index contributed by atoms with van der Waals surface area (Å²) in [5, 5.41) is 2.47. The zero-order valence-electron chi connectivity index (χ0n) is 11.5. The largest absolute Gasteiger partial charge is 0.318 e. The third-order valence-corrected chi connectivity index (χ3v) is 5.15. The summed E-state index contributed by atoms with van der Waals surface area (Å²) in [6, 6.07) is 7.57. The summed E-state index contributed by atoms with van der Waals surface area (Å²) in [6.07, 6.45) is 0. The van der Waals surface area contributed by atoms with Crippen LogP contribution in [0.2, 0.25) is 0 Å². The lowest BCUT2D eigenvalue weighted by atomic mass is 10.2. The van der Waals surface area contributed by atoms with E-state index in [-0.39, 0.29) is 0 Å². The third-order valence-electron chi connectivity index (χ3n) is 2.88. The summed E-state index contributed by atoms with van der Waals surface area (Å²) < 4.78 is 26.4. The maximum Gasteiger partial charge on any atom is 0.239 e. The number of aryl methyl sites for hydroxylation is 1. The van der Waals surface area contributed by atoms with Gasteiger partial charge in [-0.1, -0.05) is 12.1 Å². The number of hydrogen-bond acceptors (Lipinski definition) is 3. The highest BCUT2D eigenvalue weighted by Crippen LogP contribution is 2.21. The Labute approximate surface area is 110 Å².